The summed E-state index contributed by atoms with van der Waals surface area (Å²) in [7, 11) is 0. The van der Waals surface area contributed by atoms with Crippen LogP contribution >= 0.6 is 0 Å². The van der Waals surface area contributed by atoms with Crippen LogP contribution in [0.25, 0.3) is 0 Å². The fourth-order valence-corrected chi connectivity index (χ4v) is 2.68. The Labute approximate surface area is 119 Å². The lowest BCUT2D eigenvalue weighted by atomic mass is 9.98. The molecule has 0 amide bonds. The highest BCUT2D eigenvalue weighted by molar-refractivity contribution is 5.45. The Balaban J connectivity index is 1.75. The number of pyridine rings is 1. The Morgan fingerprint density at radius 3 is 3.00 bits per heavy atom. The Morgan fingerprint density at radius 2 is 2.20 bits per heavy atom. The third-order valence-electron chi connectivity index (χ3n) is 3.74. The number of hydrazine groups is 1. The van der Waals surface area contributed by atoms with Crippen LogP contribution in [0.2, 0.25) is 0 Å². The van der Waals surface area contributed by atoms with Gasteiger partial charge in [0, 0.05) is 29.9 Å². The van der Waals surface area contributed by atoms with Gasteiger partial charge in [0.2, 0.25) is 0 Å². The van der Waals surface area contributed by atoms with Crippen LogP contribution < -0.4 is 16.0 Å². The molecule has 1 unspecified atom stereocenters. The molecule has 2 heterocycles. The molecule has 3 rings (SSSR count). The summed E-state index contributed by atoms with van der Waals surface area (Å²) in [5.41, 5.74) is 6.42. The molecule has 1 aromatic carbocycles. The number of rotatable bonds is 5. The summed E-state index contributed by atoms with van der Waals surface area (Å²) in [5.74, 6) is 6.75. The molecule has 1 aliphatic heterocycles. The average molecular weight is 269 g/mol. The van der Waals surface area contributed by atoms with Crippen LogP contribution in [0.3, 0.4) is 0 Å². The molecule has 20 heavy (non-hydrogen) atoms. The number of para-hydroxylation sites is 1. The SMILES string of the molecule is NNC(CCc1ccccn1)c1cccc2c1OCC2. The number of aromatic nitrogens is 1. The van der Waals surface area contributed by atoms with Gasteiger partial charge in [-0.15, -0.1) is 0 Å². The van der Waals surface area contributed by atoms with Crippen LogP contribution in [0.1, 0.15) is 29.3 Å². The first-order valence-electron chi connectivity index (χ1n) is 6.99. The van der Waals surface area contributed by atoms with Crippen LogP contribution in [-0.2, 0) is 12.8 Å². The van der Waals surface area contributed by atoms with Crippen molar-refractivity contribution in [3.05, 3.63) is 59.4 Å². The Hall–Kier alpha value is -1.91. The summed E-state index contributed by atoms with van der Waals surface area (Å²) in [6.07, 6.45) is 4.59. The number of benzene rings is 1. The molecule has 1 atom stereocenters. The lowest BCUT2D eigenvalue weighted by Gasteiger charge is -2.18. The molecule has 0 radical (unpaired) electrons. The zero-order valence-corrected chi connectivity index (χ0v) is 11.4. The first-order valence-corrected chi connectivity index (χ1v) is 6.99. The van der Waals surface area contributed by atoms with Crippen molar-refractivity contribution in [3.8, 4) is 5.75 Å². The largest absolute Gasteiger partial charge is 0.493 e. The van der Waals surface area contributed by atoms with Crippen molar-refractivity contribution in [2.45, 2.75) is 25.3 Å². The van der Waals surface area contributed by atoms with Crippen molar-refractivity contribution < 1.29 is 4.74 Å². The van der Waals surface area contributed by atoms with E-state index in [-0.39, 0.29) is 6.04 Å². The van der Waals surface area contributed by atoms with Gasteiger partial charge in [-0.1, -0.05) is 24.3 Å². The van der Waals surface area contributed by atoms with E-state index in [2.05, 4.69) is 28.6 Å². The number of fused-ring (bicyclic) bond motifs is 1. The van der Waals surface area contributed by atoms with Gasteiger partial charge in [-0.3, -0.25) is 16.3 Å². The lowest BCUT2D eigenvalue weighted by Crippen LogP contribution is -2.28. The minimum Gasteiger partial charge on any atom is -0.493 e. The van der Waals surface area contributed by atoms with Gasteiger partial charge in [-0.05, 0) is 30.5 Å². The van der Waals surface area contributed by atoms with Crippen molar-refractivity contribution in [1.82, 2.24) is 10.4 Å². The lowest BCUT2D eigenvalue weighted by molar-refractivity contribution is 0.347. The third kappa shape index (κ3) is 2.66. The van der Waals surface area contributed by atoms with Crippen LogP contribution in [0.4, 0.5) is 0 Å². The summed E-state index contributed by atoms with van der Waals surface area (Å²) in [5, 5.41) is 0. The van der Waals surface area contributed by atoms with Crippen molar-refractivity contribution in [2.75, 3.05) is 6.61 Å². The number of nitrogens with two attached hydrogens (primary N) is 1. The molecule has 0 fully saturated rings. The molecule has 3 N–H and O–H groups in total. The molecule has 1 aromatic heterocycles. The number of hydrogen-bond acceptors (Lipinski definition) is 4. The van der Waals surface area contributed by atoms with Crippen LogP contribution in [0, 0.1) is 0 Å². The Morgan fingerprint density at radius 1 is 1.25 bits per heavy atom. The van der Waals surface area contributed by atoms with Gasteiger partial charge in [0.1, 0.15) is 5.75 Å². The second kappa shape index (κ2) is 6.03. The van der Waals surface area contributed by atoms with Gasteiger partial charge < -0.3 is 4.74 Å². The molecule has 4 heteroatoms. The van der Waals surface area contributed by atoms with Gasteiger partial charge in [0.05, 0.1) is 6.61 Å². The van der Waals surface area contributed by atoms with E-state index in [4.69, 9.17) is 10.6 Å². The molecule has 104 valence electrons. The van der Waals surface area contributed by atoms with Crippen LogP contribution in [-0.4, -0.2) is 11.6 Å². The van der Waals surface area contributed by atoms with Crippen molar-refractivity contribution in [1.29, 1.82) is 0 Å². The van der Waals surface area contributed by atoms with Gasteiger partial charge in [0.15, 0.2) is 0 Å². The standard InChI is InChI=1S/C16H19N3O/c17-19-15(8-7-13-5-1-2-10-18-13)14-6-3-4-12-9-11-20-16(12)14/h1-6,10,15,19H,7-9,11,17H2. The molecular weight excluding hydrogens is 250 g/mol. The van der Waals surface area contributed by atoms with E-state index in [1.807, 2.05) is 24.4 Å². The highest BCUT2D eigenvalue weighted by atomic mass is 16.5. The summed E-state index contributed by atoms with van der Waals surface area (Å²) < 4.78 is 5.75. The first kappa shape index (κ1) is 13.1. The maximum absolute atomic E-state index is 5.75. The van der Waals surface area contributed by atoms with Crippen LogP contribution in [0.5, 0.6) is 5.75 Å². The Kier molecular flexibility index (Phi) is 3.95. The molecule has 0 saturated heterocycles. The summed E-state index contributed by atoms with van der Waals surface area (Å²) in [4.78, 5) is 4.35. The molecule has 0 saturated carbocycles. The first-order chi connectivity index (χ1) is 9.88. The van der Waals surface area contributed by atoms with E-state index in [1.165, 1.54) is 5.56 Å². The summed E-state index contributed by atoms with van der Waals surface area (Å²) in [6.45, 7) is 0.768. The van der Waals surface area contributed by atoms with E-state index < -0.39 is 0 Å². The molecule has 4 nitrogen and oxygen atoms in total. The van der Waals surface area contributed by atoms with E-state index in [0.29, 0.717) is 0 Å². The van der Waals surface area contributed by atoms with E-state index in [0.717, 1.165) is 42.9 Å². The second-order valence-electron chi connectivity index (χ2n) is 5.01. The number of ether oxygens (including phenoxy) is 1. The fourth-order valence-electron chi connectivity index (χ4n) is 2.68. The minimum atomic E-state index is 0.0880. The van der Waals surface area contributed by atoms with E-state index >= 15 is 0 Å². The van der Waals surface area contributed by atoms with Crippen LogP contribution in [0.15, 0.2) is 42.6 Å². The van der Waals surface area contributed by atoms with Crippen molar-refractivity contribution in [2.24, 2.45) is 5.84 Å². The monoisotopic (exact) mass is 269 g/mol. The smallest absolute Gasteiger partial charge is 0.127 e. The molecule has 2 aromatic rings. The van der Waals surface area contributed by atoms with Crippen molar-refractivity contribution in [3.63, 3.8) is 0 Å². The highest BCUT2D eigenvalue weighted by Gasteiger charge is 2.21. The number of aryl methyl sites for hydroxylation is 1. The molecule has 0 aliphatic carbocycles. The van der Waals surface area contributed by atoms with E-state index in [9.17, 15) is 0 Å². The maximum atomic E-state index is 5.75. The average Bonchev–Trinajstić information content (AvgIpc) is 2.98. The topological polar surface area (TPSA) is 60.2 Å². The summed E-state index contributed by atoms with van der Waals surface area (Å²) in [6, 6.07) is 12.4. The van der Waals surface area contributed by atoms with Gasteiger partial charge in [-0.25, -0.2) is 0 Å². The molecular formula is C16H19N3O. The second-order valence-corrected chi connectivity index (χ2v) is 5.01. The number of nitrogens with zero attached hydrogens (tertiary/aromatic N) is 1. The van der Waals surface area contributed by atoms with Gasteiger partial charge in [0.25, 0.3) is 0 Å². The highest BCUT2D eigenvalue weighted by Crippen LogP contribution is 2.34. The molecule has 0 spiro atoms. The van der Waals surface area contributed by atoms with Crippen molar-refractivity contribution >= 4 is 0 Å². The van der Waals surface area contributed by atoms with Gasteiger partial charge in [-0.2, -0.15) is 0 Å². The van der Waals surface area contributed by atoms with E-state index in [1.54, 1.807) is 0 Å². The molecule has 0 bridgehead atoms. The predicted octanol–water partition coefficient (Wildman–Crippen LogP) is 2.15. The quantitative estimate of drug-likeness (QED) is 0.645. The number of hydrogen-bond donors (Lipinski definition) is 2. The molecule has 1 aliphatic rings. The zero-order chi connectivity index (χ0) is 13.8. The fraction of sp³-hybridized carbons (Fsp3) is 0.312. The minimum absolute atomic E-state index is 0.0880. The maximum Gasteiger partial charge on any atom is 0.127 e. The van der Waals surface area contributed by atoms with Gasteiger partial charge >= 0.3 is 0 Å². The predicted molar refractivity (Wildman–Crippen MR) is 78.3 cm³/mol. The third-order valence-corrected chi connectivity index (χ3v) is 3.74. The Bertz CT molecular complexity index is 571. The summed E-state index contributed by atoms with van der Waals surface area (Å²) >= 11 is 0. The normalized spacial score (nSPS) is 14.7. The number of nitrogens with one attached hydrogen (secondary N) is 1. The zero-order valence-electron chi connectivity index (χ0n) is 11.4.